The Morgan fingerprint density at radius 1 is 1.29 bits per heavy atom. The van der Waals surface area contributed by atoms with E-state index in [9.17, 15) is 14.9 Å². The van der Waals surface area contributed by atoms with Crippen LogP contribution in [0.5, 0.6) is 11.5 Å². The number of anilines is 1. The van der Waals surface area contributed by atoms with Gasteiger partial charge in [-0.25, -0.2) is 4.98 Å². The molecule has 34 heavy (non-hydrogen) atoms. The van der Waals surface area contributed by atoms with Crippen molar-refractivity contribution in [2.75, 3.05) is 11.9 Å². The molecule has 3 heterocycles. The molecule has 0 saturated heterocycles. The average Bonchev–Trinajstić information content (AvgIpc) is 3.46. The zero-order valence-electron chi connectivity index (χ0n) is 18.0. The number of nitrogens with one attached hydrogen (secondary N) is 1. The van der Waals surface area contributed by atoms with E-state index in [2.05, 4.69) is 25.6 Å². The van der Waals surface area contributed by atoms with Crippen LogP contribution in [0.15, 0.2) is 40.1 Å². The molecule has 0 radical (unpaired) electrons. The maximum absolute atomic E-state index is 12.3. The highest BCUT2D eigenvalue weighted by molar-refractivity contribution is 7.16. The Morgan fingerprint density at radius 2 is 2.15 bits per heavy atom. The van der Waals surface area contributed by atoms with E-state index in [-0.39, 0.29) is 17.7 Å². The molecule has 0 atom stereocenters. The summed E-state index contributed by atoms with van der Waals surface area (Å²) in [4.78, 5) is 29.5. The molecule has 3 aromatic heterocycles. The fourth-order valence-corrected chi connectivity index (χ4v) is 4.09. The first-order valence-electron chi connectivity index (χ1n) is 9.92. The van der Waals surface area contributed by atoms with Crippen LogP contribution in [0.1, 0.15) is 23.2 Å². The summed E-state index contributed by atoms with van der Waals surface area (Å²) in [5, 5.41) is 24.5. The number of rotatable bonds is 8. The molecular formula is C21H17N7O4S2. The number of nitriles is 1. The smallest absolute Gasteiger partial charge is 0.275 e. The molecule has 1 amide bonds. The summed E-state index contributed by atoms with van der Waals surface area (Å²) in [7, 11) is 0. The molecule has 11 nitrogen and oxygen atoms in total. The lowest BCUT2D eigenvalue weighted by atomic mass is 10.1. The van der Waals surface area contributed by atoms with Crippen molar-refractivity contribution < 1.29 is 14.3 Å². The molecule has 0 aliphatic carbocycles. The lowest BCUT2D eigenvalue weighted by Gasteiger charge is -2.12. The maximum Gasteiger partial charge on any atom is 0.275 e. The van der Waals surface area contributed by atoms with Crippen LogP contribution in [-0.4, -0.2) is 37.3 Å². The van der Waals surface area contributed by atoms with Crippen LogP contribution in [0.3, 0.4) is 0 Å². The van der Waals surface area contributed by atoms with Gasteiger partial charge >= 0.3 is 0 Å². The molecule has 4 rings (SSSR count). The van der Waals surface area contributed by atoms with Crippen molar-refractivity contribution in [2.45, 2.75) is 20.5 Å². The fraction of sp³-hybridized carbons (Fsp3) is 0.190. The lowest BCUT2D eigenvalue weighted by molar-refractivity contribution is -0.112. The zero-order valence-corrected chi connectivity index (χ0v) is 19.6. The van der Waals surface area contributed by atoms with E-state index in [0.29, 0.717) is 39.5 Å². The molecule has 13 heteroatoms. The van der Waals surface area contributed by atoms with E-state index in [1.165, 1.54) is 33.5 Å². The van der Waals surface area contributed by atoms with Crippen molar-refractivity contribution in [3.05, 3.63) is 62.0 Å². The summed E-state index contributed by atoms with van der Waals surface area (Å²) in [5.41, 5.74) is 2.11. The normalized spacial score (nSPS) is 11.3. The number of benzene rings is 1. The van der Waals surface area contributed by atoms with Gasteiger partial charge in [0, 0.05) is 6.07 Å². The van der Waals surface area contributed by atoms with E-state index in [0.717, 1.165) is 16.3 Å². The summed E-state index contributed by atoms with van der Waals surface area (Å²) in [6, 6.07) is 8.27. The molecule has 0 aliphatic rings. The van der Waals surface area contributed by atoms with Crippen molar-refractivity contribution in [3.8, 4) is 17.6 Å². The lowest BCUT2D eigenvalue weighted by Crippen LogP contribution is -2.16. The van der Waals surface area contributed by atoms with Gasteiger partial charge in [0.1, 0.15) is 28.8 Å². The number of hydrogen-bond acceptors (Lipinski definition) is 11. The second-order valence-electron chi connectivity index (χ2n) is 6.70. The third-order valence-corrected chi connectivity index (χ3v) is 5.73. The van der Waals surface area contributed by atoms with E-state index < -0.39 is 5.91 Å². The highest BCUT2D eigenvalue weighted by atomic mass is 32.1. The van der Waals surface area contributed by atoms with E-state index >= 15 is 0 Å². The summed E-state index contributed by atoms with van der Waals surface area (Å²) in [6.07, 6.45) is 1.44. The van der Waals surface area contributed by atoms with Crippen LogP contribution in [-0.2, 0) is 11.4 Å². The van der Waals surface area contributed by atoms with E-state index in [1.54, 1.807) is 25.1 Å². The van der Waals surface area contributed by atoms with Crippen LogP contribution in [0.4, 0.5) is 5.13 Å². The van der Waals surface area contributed by atoms with E-state index in [1.807, 2.05) is 13.0 Å². The Kier molecular flexibility index (Phi) is 6.90. The number of aryl methyl sites for hydroxylation is 1. The third-order valence-electron chi connectivity index (χ3n) is 4.30. The predicted molar refractivity (Wildman–Crippen MR) is 126 cm³/mol. The monoisotopic (exact) mass is 495 g/mol. The Balaban J connectivity index is 1.54. The first-order chi connectivity index (χ1) is 16.5. The molecule has 172 valence electrons. The molecule has 1 aromatic carbocycles. The summed E-state index contributed by atoms with van der Waals surface area (Å²) in [6.45, 7) is 4.05. The molecule has 0 spiro atoms. The number of nitrogens with zero attached hydrogens (tertiary/aromatic N) is 6. The van der Waals surface area contributed by atoms with Crippen LogP contribution < -0.4 is 20.3 Å². The Bertz CT molecular complexity index is 1470. The van der Waals surface area contributed by atoms with Crippen LogP contribution >= 0.6 is 22.7 Å². The van der Waals surface area contributed by atoms with Crippen LogP contribution in [0.2, 0.25) is 0 Å². The van der Waals surface area contributed by atoms with Crippen molar-refractivity contribution in [1.82, 2.24) is 24.8 Å². The van der Waals surface area contributed by atoms with Gasteiger partial charge in [0.05, 0.1) is 12.3 Å². The maximum atomic E-state index is 12.3. The molecule has 0 fully saturated rings. The van der Waals surface area contributed by atoms with Gasteiger partial charge < -0.3 is 9.47 Å². The van der Waals surface area contributed by atoms with Gasteiger partial charge in [-0.3, -0.25) is 14.9 Å². The first-order valence-corrected chi connectivity index (χ1v) is 11.6. The molecule has 0 saturated carbocycles. The van der Waals surface area contributed by atoms with Crippen molar-refractivity contribution in [2.24, 2.45) is 0 Å². The summed E-state index contributed by atoms with van der Waals surface area (Å²) < 4.78 is 12.8. The Labute approximate surface area is 200 Å². The number of hydrogen-bond donors (Lipinski definition) is 1. The summed E-state index contributed by atoms with van der Waals surface area (Å²) >= 11 is 2.46. The minimum atomic E-state index is -0.594. The minimum Gasteiger partial charge on any atom is -0.490 e. The van der Waals surface area contributed by atoms with Crippen LogP contribution in [0.25, 0.3) is 11.0 Å². The van der Waals surface area contributed by atoms with Gasteiger partial charge in [0.2, 0.25) is 10.1 Å². The van der Waals surface area contributed by atoms with Gasteiger partial charge in [-0.1, -0.05) is 28.7 Å². The highest BCUT2D eigenvalue weighted by Crippen LogP contribution is 2.30. The molecule has 0 aliphatic heterocycles. The van der Waals surface area contributed by atoms with Gasteiger partial charge in [-0.15, -0.1) is 10.2 Å². The number of ether oxygens (including phenoxy) is 2. The third kappa shape index (κ3) is 5.25. The standard InChI is InChI=1S/C21H17N7O4S2/c1-3-31-17-7-13(6-14(9-22)19(30)25-20-26-23-11-33-20)4-5-16(17)32-10-15-8-18(29)28-21(24-15)34-12(2)27-28/h4-8,11H,3,10H2,1-2H3,(H,25,26,30). The quantitative estimate of drug-likeness (QED) is 0.288. The van der Waals surface area contributed by atoms with Gasteiger partial charge in [-0.05, 0) is 37.6 Å². The second-order valence-corrected chi connectivity index (χ2v) is 8.69. The molecular weight excluding hydrogens is 478 g/mol. The number of fused-ring (bicyclic) bond motifs is 1. The SMILES string of the molecule is CCOc1cc(C=C(C#N)C(=O)Nc2nncs2)ccc1OCc1cc(=O)n2nc(C)sc2n1. The van der Waals surface area contributed by atoms with Crippen molar-refractivity contribution >= 4 is 44.7 Å². The minimum absolute atomic E-state index is 0.0473. The molecule has 0 unspecified atom stereocenters. The van der Waals surface area contributed by atoms with Gasteiger partial charge in [-0.2, -0.15) is 14.9 Å². The topological polar surface area (TPSA) is 144 Å². The van der Waals surface area contributed by atoms with Gasteiger partial charge in [0.15, 0.2) is 11.5 Å². The second kappa shape index (κ2) is 10.2. The predicted octanol–water partition coefficient (Wildman–Crippen LogP) is 2.83. The average molecular weight is 496 g/mol. The number of carbonyl (C=O) groups is 1. The van der Waals surface area contributed by atoms with Crippen LogP contribution in [0, 0.1) is 18.3 Å². The Hall–Kier alpha value is -4.15. The van der Waals surface area contributed by atoms with Gasteiger partial charge in [0.25, 0.3) is 11.5 Å². The number of carbonyl (C=O) groups excluding carboxylic acids is 1. The van der Waals surface area contributed by atoms with Crippen molar-refractivity contribution in [1.29, 1.82) is 5.26 Å². The Morgan fingerprint density at radius 3 is 2.88 bits per heavy atom. The number of aromatic nitrogens is 5. The first kappa shape index (κ1) is 23.0. The van der Waals surface area contributed by atoms with E-state index in [4.69, 9.17) is 9.47 Å². The number of amides is 1. The largest absolute Gasteiger partial charge is 0.490 e. The highest BCUT2D eigenvalue weighted by Gasteiger charge is 2.13. The summed E-state index contributed by atoms with van der Waals surface area (Å²) in [5.74, 6) is 0.256. The molecule has 4 aromatic rings. The zero-order chi connectivity index (χ0) is 24.1. The molecule has 1 N–H and O–H groups in total. The van der Waals surface area contributed by atoms with Crippen molar-refractivity contribution in [3.63, 3.8) is 0 Å². The molecule has 0 bridgehead atoms. The fourth-order valence-electron chi connectivity index (χ4n) is 2.89.